The first-order chi connectivity index (χ1) is 49.9. The molecule has 540 valence electrons. The highest BCUT2D eigenvalue weighted by Crippen LogP contribution is 2.40. The SMILES string of the molecule is CCC(C)(C)c1ccc(Oc2cccc(C(=O)NCC(=O)NCC(=O)CNC(=O)COCCOCCNC(=O)c3ccccc3Nc3ccc(-c4ccc(Nc5cc(-c6cccc(Oc7ccc(C(C)(C)CNc8ccc(C(N)=O)c(N)c8C)cc7)c6)ccc5C(=O)O)c(OC)c4)cc3OC)c2)cc1. The van der Waals surface area contributed by atoms with Crippen LogP contribution in [0.15, 0.2) is 188 Å². The number of nitrogen functional groups attached to an aromatic ring is 1. The lowest BCUT2D eigenvalue weighted by atomic mass is 9.82. The second kappa shape index (κ2) is 35.4. The van der Waals surface area contributed by atoms with E-state index in [1.165, 1.54) is 12.7 Å². The molecule has 0 atom stereocenters. The van der Waals surface area contributed by atoms with Crippen LogP contribution in [-0.2, 0) is 34.7 Å². The van der Waals surface area contributed by atoms with Gasteiger partial charge in [-0.2, -0.15) is 0 Å². The molecule has 0 unspecified atom stereocenters. The standard InChI is InChI=1S/C81H87N9O14/c1-9-80(3,4)56-23-27-59(28-24-56)104-62-17-13-15-55(41-62)77(95)87-47-73(92)85-45-58(91)46-86-74(93)48-102-39-38-101-37-36-84-78(96)63-18-10-11-19-67(63)89-68-33-21-53(43-71(68)99-7)54-22-34-69(72(44-54)100-8)90-70-42-52(20-31-64(70)79(97)98)51-14-12-16-61(40-51)103-60-29-25-57(26-30-60)81(5,6)49-88-66-35-32-65(76(83)94)75(82)50(66)2/h10-35,40-44,88-90H,9,36-39,45-49,82H2,1-8H3,(H2,83,94)(H,84,96)(H,85,92)(H,86,93)(H,87,95)(H,97,98). The summed E-state index contributed by atoms with van der Waals surface area (Å²) in [7, 11) is 3.07. The number of rotatable bonds is 36. The Balaban J connectivity index is 0.692. The lowest BCUT2D eigenvalue weighted by Gasteiger charge is -2.27. The summed E-state index contributed by atoms with van der Waals surface area (Å²) >= 11 is 0. The summed E-state index contributed by atoms with van der Waals surface area (Å²) in [4.78, 5) is 88.0. The van der Waals surface area contributed by atoms with Crippen molar-refractivity contribution in [2.24, 2.45) is 5.73 Å². The molecule has 9 aromatic rings. The van der Waals surface area contributed by atoms with Crippen molar-refractivity contribution in [2.45, 2.75) is 58.8 Å². The van der Waals surface area contributed by atoms with E-state index in [1.54, 1.807) is 79.9 Å². The smallest absolute Gasteiger partial charge is 0.337 e. The van der Waals surface area contributed by atoms with Crippen molar-refractivity contribution in [3.8, 4) is 56.8 Å². The summed E-state index contributed by atoms with van der Waals surface area (Å²) in [5, 5.41) is 30.7. The number of primary amides is 1. The normalized spacial score (nSPS) is 11.2. The number of nitrogens with two attached hydrogens (primary N) is 2. The van der Waals surface area contributed by atoms with Gasteiger partial charge < -0.3 is 82.2 Å². The van der Waals surface area contributed by atoms with E-state index >= 15 is 0 Å². The first-order valence-electron chi connectivity index (χ1n) is 33.8. The zero-order valence-corrected chi connectivity index (χ0v) is 59.4. The largest absolute Gasteiger partial charge is 0.495 e. The first-order valence-corrected chi connectivity index (χ1v) is 33.8. The Morgan fingerprint density at radius 3 is 1.64 bits per heavy atom. The number of benzene rings is 9. The van der Waals surface area contributed by atoms with E-state index < -0.39 is 35.4 Å². The summed E-state index contributed by atoms with van der Waals surface area (Å²) in [6.45, 7) is 12.2. The van der Waals surface area contributed by atoms with E-state index in [1.807, 2.05) is 122 Å². The molecule has 9 aromatic carbocycles. The number of carboxylic acids is 1. The summed E-state index contributed by atoms with van der Waals surface area (Å²) < 4.78 is 35.0. The molecule has 9 rings (SSSR count). The van der Waals surface area contributed by atoms with Gasteiger partial charge in [-0.1, -0.05) is 107 Å². The fourth-order valence-corrected chi connectivity index (χ4v) is 11.0. The maximum atomic E-state index is 13.5. The monoisotopic (exact) mass is 1410 g/mol. The van der Waals surface area contributed by atoms with Gasteiger partial charge in [0.05, 0.1) is 93.1 Å². The molecule has 0 spiro atoms. The molecule has 5 amide bonds. The highest BCUT2D eigenvalue weighted by molar-refractivity contribution is 6.02. The molecule has 0 saturated carbocycles. The number of amides is 5. The van der Waals surface area contributed by atoms with Crippen molar-refractivity contribution in [1.82, 2.24) is 21.3 Å². The molecule has 12 N–H and O–H groups in total. The Labute approximate surface area is 604 Å². The maximum absolute atomic E-state index is 13.5. The maximum Gasteiger partial charge on any atom is 0.337 e. The van der Waals surface area contributed by atoms with E-state index in [4.69, 9.17) is 39.9 Å². The van der Waals surface area contributed by atoms with Crippen molar-refractivity contribution < 1.29 is 67.1 Å². The third-order valence-corrected chi connectivity index (χ3v) is 17.6. The summed E-state index contributed by atoms with van der Waals surface area (Å²) in [5.74, 6) is -0.976. The Bertz CT molecular complexity index is 4580. The third kappa shape index (κ3) is 20.5. The molecular weight excluding hydrogens is 1320 g/mol. The van der Waals surface area contributed by atoms with Crippen LogP contribution in [0.25, 0.3) is 22.3 Å². The predicted octanol–water partition coefficient (Wildman–Crippen LogP) is 12.9. The fourth-order valence-electron chi connectivity index (χ4n) is 11.0. The van der Waals surface area contributed by atoms with Gasteiger partial charge in [-0.05, 0) is 173 Å². The number of carboxylic acid groups (broad SMARTS) is 1. The molecule has 0 heterocycles. The van der Waals surface area contributed by atoms with Crippen molar-refractivity contribution in [1.29, 1.82) is 0 Å². The number of methoxy groups -OCH3 is 2. The van der Waals surface area contributed by atoms with Gasteiger partial charge in [-0.3, -0.25) is 28.8 Å². The fraction of sp³-hybridized carbons (Fsp3) is 0.247. The Morgan fingerprint density at radius 1 is 0.471 bits per heavy atom. The molecule has 104 heavy (non-hydrogen) atoms. The Morgan fingerprint density at radius 2 is 1.02 bits per heavy atom. The van der Waals surface area contributed by atoms with Crippen molar-refractivity contribution in [3.05, 3.63) is 227 Å². The second-order valence-electron chi connectivity index (χ2n) is 25.7. The number of hydrogen-bond donors (Lipinski definition) is 10. The van der Waals surface area contributed by atoms with Gasteiger partial charge in [0.15, 0.2) is 5.78 Å². The molecule has 0 aliphatic rings. The number of carbonyl (C=O) groups excluding carboxylic acids is 6. The van der Waals surface area contributed by atoms with Gasteiger partial charge in [0.2, 0.25) is 11.8 Å². The molecule has 0 bridgehead atoms. The molecule has 0 radical (unpaired) electrons. The topological polar surface area (TPSA) is 331 Å². The third-order valence-electron chi connectivity index (χ3n) is 17.6. The highest BCUT2D eigenvalue weighted by Gasteiger charge is 2.24. The van der Waals surface area contributed by atoms with Gasteiger partial charge in [-0.25, -0.2) is 4.79 Å². The molecule has 0 aromatic heterocycles. The van der Waals surface area contributed by atoms with Gasteiger partial charge >= 0.3 is 5.97 Å². The van der Waals surface area contributed by atoms with Crippen LogP contribution in [0.1, 0.15) is 99.2 Å². The Hall–Kier alpha value is -12.2. The number of anilines is 6. The number of aromatic carboxylic acids is 1. The number of ether oxygens (including phenoxy) is 6. The van der Waals surface area contributed by atoms with Crippen molar-refractivity contribution in [2.75, 3.05) is 95.1 Å². The molecule has 23 nitrogen and oxygen atoms in total. The van der Waals surface area contributed by atoms with E-state index in [2.05, 4.69) is 71.8 Å². The average Bonchev–Trinajstić information content (AvgIpc) is 0.812. The highest BCUT2D eigenvalue weighted by atomic mass is 16.5. The van der Waals surface area contributed by atoms with Crippen molar-refractivity contribution in [3.63, 3.8) is 0 Å². The van der Waals surface area contributed by atoms with Crippen LogP contribution in [0.5, 0.6) is 34.5 Å². The first kappa shape index (κ1) is 76.0. The zero-order valence-electron chi connectivity index (χ0n) is 59.4. The van der Waals surface area contributed by atoms with Crippen LogP contribution < -0.4 is 67.6 Å². The number of para-hydroxylation sites is 1. The zero-order chi connectivity index (χ0) is 74.5. The van der Waals surface area contributed by atoms with Gasteiger partial charge in [-0.15, -0.1) is 0 Å². The van der Waals surface area contributed by atoms with Crippen molar-refractivity contribution >= 4 is 75.4 Å². The molecule has 0 fully saturated rings. The van der Waals surface area contributed by atoms with Gasteiger partial charge in [0, 0.05) is 35.4 Å². The summed E-state index contributed by atoms with van der Waals surface area (Å²) in [6.07, 6.45) is 0.986. The average molecular weight is 1410 g/mol. The molecule has 23 heteroatoms. The number of carbonyl (C=O) groups is 7. The number of nitrogens with one attached hydrogen (secondary N) is 7. The van der Waals surface area contributed by atoms with E-state index in [0.29, 0.717) is 75.0 Å². The minimum absolute atomic E-state index is 0.0324. The van der Waals surface area contributed by atoms with Crippen LogP contribution in [0.3, 0.4) is 0 Å². The van der Waals surface area contributed by atoms with E-state index in [-0.39, 0.29) is 86.0 Å². The number of ketones is 1. The molecule has 0 aliphatic heterocycles. The van der Waals surface area contributed by atoms with Crippen LogP contribution in [0, 0.1) is 6.92 Å². The van der Waals surface area contributed by atoms with Gasteiger partial charge in [0.1, 0.15) is 41.1 Å². The lowest BCUT2D eigenvalue weighted by molar-refractivity contribution is -0.129. The minimum atomic E-state index is -1.12. The van der Waals surface area contributed by atoms with Crippen LogP contribution in [0.2, 0.25) is 0 Å². The molecular formula is C81H87N9O14. The summed E-state index contributed by atoms with van der Waals surface area (Å²) in [6, 6.07) is 56.4. The lowest BCUT2D eigenvalue weighted by Crippen LogP contribution is -2.42. The number of hydrogen-bond acceptors (Lipinski definition) is 17. The second-order valence-corrected chi connectivity index (χ2v) is 25.7. The quantitative estimate of drug-likeness (QED) is 0.0129. The van der Waals surface area contributed by atoms with E-state index in [0.717, 1.165) is 45.5 Å². The van der Waals surface area contributed by atoms with E-state index in [9.17, 15) is 38.7 Å². The van der Waals surface area contributed by atoms with Crippen LogP contribution >= 0.6 is 0 Å². The molecule has 0 aliphatic carbocycles. The molecule has 0 saturated heterocycles. The number of Topliss-reactive ketones (excluding diaryl/α,β-unsaturated/α-hetero) is 1. The minimum Gasteiger partial charge on any atom is -0.495 e. The summed E-state index contributed by atoms with van der Waals surface area (Å²) in [5.41, 5.74) is 21.6. The van der Waals surface area contributed by atoms with Crippen LogP contribution in [0.4, 0.5) is 34.1 Å². The van der Waals surface area contributed by atoms with Crippen LogP contribution in [-0.4, -0.2) is 120 Å². The van der Waals surface area contributed by atoms with Gasteiger partial charge in [0.25, 0.3) is 17.7 Å². The Kier molecular flexibility index (Phi) is 25.9. The predicted molar refractivity (Wildman–Crippen MR) is 403 cm³/mol.